The first-order valence-corrected chi connectivity index (χ1v) is 7.18. The van der Waals surface area contributed by atoms with E-state index in [4.69, 9.17) is 5.26 Å². The van der Waals surface area contributed by atoms with Gasteiger partial charge in [0.2, 0.25) is 0 Å². The molecule has 0 unspecified atom stereocenters. The molecular weight excluding hydrogens is 272 g/mol. The minimum absolute atomic E-state index is 0.430. The zero-order valence-corrected chi connectivity index (χ0v) is 12.1. The quantitative estimate of drug-likeness (QED) is 0.704. The van der Waals surface area contributed by atoms with Gasteiger partial charge in [-0.25, -0.2) is 4.98 Å². The lowest BCUT2D eigenvalue weighted by Crippen LogP contribution is -2.13. The van der Waals surface area contributed by atoms with Gasteiger partial charge in [0.05, 0.1) is 11.9 Å². The molecule has 1 heterocycles. The Morgan fingerprint density at radius 3 is 2.55 bits per heavy atom. The maximum Gasteiger partial charge on any atom is 0.140 e. The average Bonchev–Trinajstić information content (AvgIpc) is 2.59. The lowest BCUT2D eigenvalue weighted by molar-refractivity contribution is 1.08. The molecule has 0 atom stereocenters. The highest BCUT2D eigenvalue weighted by Crippen LogP contribution is 2.22. The number of fused-ring (bicyclic) bond motifs is 1. The maximum atomic E-state index is 8.71. The van der Waals surface area contributed by atoms with Crippen molar-refractivity contribution in [3.05, 3.63) is 66.5 Å². The number of anilines is 2. The molecule has 0 amide bonds. The topological polar surface area (TPSA) is 60.7 Å². The van der Waals surface area contributed by atoms with Crippen LogP contribution >= 0.6 is 0 Å². The van der Waals surface area contributed by atoms with Crippen LogP contribution in [0.25, 0.3) is 10.8 Å². The van der Waals surface area contributed by atoms with Crippen molar-refractivity contribution in [1.82, 2.24) is 4.98 Å². The molecule has 0 aliphatic heterocycles. The minimum atomic E-state index is 0.430. The molecule has 0 aliphatic carbocycles. The number of nitriles is 1. The van der Waals surface area contributed by atoms with Gasteiger partial charge in [-0.2, -0.15) is 5.26 Å². The van der Waals surface area contributed by atoms with Crippen LogP contribution in [0.2, 0.25) is 0 Å². The summed E-state index contributed by atoms with van der Waals surface area (Å²) >= 11 is 0. The molecule has 0 spiro atoms. The summed E-state index contributed by atoms with van der Waals surface area (Å²) in [5, 5.41) is 17.9. The van der Waals surface area contributed by atoms with E-state index in [2.05, 4.69) is 45.9 Å². The number of nitrogens with one attached hydrogen (secondary N) is 2. The van der Waals surface area contributed by atoms with Crippen LogP contribution < -0.4 is 10.6 Å². The third-order valence-electron chi connectivity index (χ3n) is 3.44. The fourth-order valence-corrected chi connectivity index (χ4v) is 2.35. The maximum absolute atomic E-state index is 8.71. The zero-order valence-electron chi connectivity index (χ0n) is 12.1. The van der Waals surface area contributed by atoms with E-state index in [1.54, 1.807) is 12.3 Å². The minimum Gasteiger partial charge on any atom is -0.383 e. The van der Waals surface area contributed by atoms with Gasteiger partial charge in [-0.3, -0.25) is 0 Å². The van der Waals surface area contributed by atoms with Crippen LogP contribution in [0.1, 0.15) is 5.69 Å². The monoisotopic (exact) mass is 288 g/mol. The molecule has 0 aliphatic rings. The van der Waals surface area contributed by atoms with Crippen molar-refractivity contribution in [1.29, 1.82) is 5.26 Å². The van der Waals surface area contributed by atoms with Crippen LogP contribution in [-0.2, 0) is 0 Å². The standard InChI is InChI=1S/C18H16N4/c19-12-15-8-9-16(13-22-15)20-10-11-21-18-7-3-5-14-4-1-2-6-17(14)18/h1-9,13,20-21H,10-11H2. The summed E-state index contributed by atoms with van der Waals surface area (Å²) in [6.45, 7) is 1.57. The van der Waals surface area contributed by atoms with E-state index < -0.39 is 0 Å². The van der Waals surface area contributed by atoms with Gasteiger partial charge in [0.25, 0.3) is 0 Å². The van der Waals surface area contributed by atoms with E-state index >= 15 is 0 Å². The van der Waals surface area contributed by atoms with Crippen LogP contribution in [0.3, 0.4) is 0 Å². The second-order valence-electron chi connectivity index (χ2n) is 4.92. The van der Waals surface area contributed by atoms with E-state index in [9.17, 15) is 0 Å². The lowest BCUT2D eigenvalue weighted by atomic mass is 10.1. The molecule has 3 rings (SSSR count). The first-order valence-electron chi connectivity index (χ1n) is 7.18. The Morgan fingerprint density at radius 1 is 0.909 bits per heavy atom. The third-order valence-corrected chi connectivity index (χ3v) is 3.44. The van der Waals surface area contributed by atoms with Crippen molar-refractivity contribution in [2.45, 2.75) is 0 Å². The van der Waals surface area contributed by atoms with Crippen molar-refractivity contribution >= 4 is 22.1 Å². The first kappa shape index (κ1) is 13.9. The Labute approximate surface area is 129 Å². The van der Waals surface area contributed by atoms with Gasteiger partial charge in [0.1, 0.15) is 11.8 Å². The Kier molecular flexibility index (Phi) is 4.17. The normalized spacial score (nSPS) is 10.1. The highest BCUT2D eigenvalue weighted by Gasteiger charge is 1.99. The molecular formula is C18H16N4. The van der Waals surface area contributed by atoms with Crippen LogP contribution in [0.5, 0.6) is 0 Å². The van der Waals surface area contributed by atoms with Crippen LogP contribution in [0.4, 0.5) is 11.4 Å². The Hall–Kier alpha value is -3.06. The summed E-state index contributed by atoms with van der Waals surface area (Å²) in [7, 11) is 0. The van der Waals surface area contributed by atoms with Gasteiger partial charge < -0.3 is 10.6 Å². The lowest BCUT2D eigenvalue weighted by Gasteiger charge is -2.11. The number of hydrogen-bond acceptors (Lipinski definition) is 4. The molecule has 3 aromatic rings. The Bertz CT molecular complexity index is 798. The van der Waals surface area contributed by atoms with E-state index in [1.807, 2.05) is 24.3 Å². The van der Waals surface area contributed by atoms with Crippen molar-refractivity contribution < 1.29 is 0 Å². The highest BCUT2D eigenvalue weighted by atomic mass is 15.0. The van der Waals surface area contributed by atoms with Gasteiger partial charge >= 0.3 is 0 Å². The summed E-state index contributed by atoms with van der Waals surface area (Å²) < 4.78 is 0. The predicted octanol–water partition coefficient (Wildman–Crippen LogP) is 3.63. The Morgan fingerprint density at radius 2 is 1.73 bits per heavy atom. The van der Waals surface area contributed by atoms with Gasteiger partial charge in [-0.15, -0.1) is 0 Å². The molecule has 0 saturated heterocycles. The van der Waals surface area contributed by atoms with Crippen LogP contribution in [0, 0.1) is 11.3 Å². The zero-order chi connectivity index (χ0) is 15.2. The van der Waals surface area contributed by atoms with Gasteiger partial charge in [0.15, 0.2) is 0 Å². The van der Waals surface area contributed by atoms with Crippen molar-refractivity contribution in [3.8, 4) is 6.07 Å². The molecule has 0 saturated carbocycles. The fourth-order valence-electron chi connectivity index (χ4n) is 2.35. The number of nitrogens with zero attached hydrogens (tertiary/aromatic N) is 2. The van der Waals surface area contributed by atoms with E-state index in [-0.39, 0.29) is 0 Å². The summed E-state index contributed by atoms with van der Waals surface area (Å²) in [5.74, 6) is 0. The predicted molar refractivity (Wildman–Crippen MR) is 89.9 cm³/mol. The molecule has 4 heteroatoms. The molecule has 0 radical (unpaired) electrons. The second-order valence-corrected chi connectivity index (χ2v) is 4.92. The average molecular weight is 288 g/mol. The summed E-state index contributed by atoms with van der Waals surface area (Å²) in [5.41, 5.74) is 2.48. The number of pyridine rings is 1. The van der Waals surface area contributed by atoms with Crippen molar-refractivity contribution in [2.75, 3.05) is 23.7 Å². The van der Waals surface area contributed by atoms with E-state index in [1.165, 1.54) is 10.8 Å². The molecule has 2 N–H and O–H groups in total. The van der Waals surface area contributed by atoms with E-state index in [0.29, 0.717) is 5.69 Å². The number of aromatic nitrogens is 1. The molecule has 22 heavy (non-hydrogen) atoms. The van der Waals surface area contributed by atoms with Crippen LogP contribution in [0.15, 0.2) is 60.8 Å². The molecule has 0 bridgehead atoms. The summed E-state index contributed by atoms with van der Waals surface area (Å²) in [4.78, 5) is 4.03. The molecule has 0 fully saturated rings. The smallest absolute Gasteiger partial charge is 0.140 e. The van der Waals surface area contributed by atoms with Gasteiger partial charge in [-0.05, 0) is 23.6 Å². The van der Waals surface area contributed by atoms with Crippen molar-refractivity contribution in [2.24, 2.45) is 0 Å². The molecule has 1 aromatic heterocycles. The van der Waals surface area contributed by atoms with Crippen LogP contribution in [-0.4, -0.2) is 18.1 Å². The molecule has 2 aromatic carbocycles. The van der Waals surface area contributed by atoms with Crippen molar-refractivity contribution in [3.63, 3.8) is 0 Å². The van der Waals surface area contributed by atoms with Gasteiger partial charge in [0, 0.05) is 24.2 Å². The third kappa shape index (κ3) is 3.15. The SMILES string of the molecule is N#Cc1ccc(NCCNc2cccc3ccccc23)cn1. The molecule has 4 nitrogen and oxygen atoms in total. The fraction of sp³-hybridized carbons (Fsp3) is 0.111. The number of rotatable bonds is 5. The number of benzene rings is 2. The molecule has 108 valence electrons. The Balaban J connectivity index is 1.57. The van der Waals surface area contributed by atoms with E-state index in [0.717, 1.165) is 24.5 Å². The summed E-state index contributed by atoms with van der Waals surface area (Å²) in [6, 6.07) is 20.2. The number of hydrogen-bond donors (Lipinski definition) is 2. The van der Waals surface area contributed by atoms with Gasteiger partial charge in [-0.1, -0.05) is 36.4 Å². The largest absolute Gasteiger partial charge is 0.383 e. The first-order chi connectivity index (χ1) is 10.9. The summed E-state index contributed by atoms with van der Waals surface area (Å²) in [6.07, 6.45) is 1.68. The second kappa shape index (κ2) is 6.59. The highest BCUT2D eigenvalue weighted by molar-refractivity contribution is 5.93.